The van der Waals surface area contributed by atoms with Gasteiger partial charge < -0.3 is 5.32 Å². The predicted octanol–water partition coefficient (Wildman–Crippen LogP) is 4.28. The first-order valence-electron chi connectivity index (χ1n) is 10.8. The van der Waals surface area contributed by atoms with E-state index in [9.17, 15) is 25.9 Å². The van der Waals surface area contributed by atoms with Gasteiger partial charge in [-0.1, -0.05) is 32.1 Å². The van der Waals surface area contributed by atoms with Crippen molar-refractivity contribution in [2.24, 2.45) is 0 Å². The molecule has 3 N–H and O–H groups in total. The molecule has 8 nitrogen and oxygen atoms in total. The Balaban J connectivity index is 1.52. The smallest absolute Gasteiger partial charge is 0.294 e. The summed E-state index contributed by atoms with van der Waals surface area (Å²) >= 11 is 0. The average Bonchev–Trinajstić information content (AvgIpc) is 3.15. The highest BCUT2D eigenvalue weighted by atomic mass is 32.2. The van der Waals surface area contributed by atoms with E-state index < -0.39 is 31.1 Å². The van der Waals surface area contributed by atoms with Gasteiger partial charge in [-0.3, -0.25) is 9.11 Å². The molecular formula is C25H26N2O6S2+. The lowest BCUT2D eigenvalue weighted by Gasteiger charge is -2.20. The Hall–Kier alpha value is -3.05. The van der Waals surface area contributed by atoms with Crippen LogP contribution in [0.2, 0.25) is 0 Å². The van der Waals surface area contributed by atoms with Crippen LogP contribution < -0.4 is 10.3 Å². The second-order valence-electron chi connectivity index (χ2n) is 9.53. The second-order valence-corrected chi connectivity index (χ2v) is 12.4. The normalized spacial score (nSPS) is 19.7. The minimum absolute atomic E-state index is 0.143. The molecule has 183 valence electrons. The number of benzene rings is 2. The average molecular weight is 515 g/mol. The molecule has 0 saturated carbocycles. The zero-order valence-electron chi connectivity index (χ0n) is 19.6. The van der Waals surface area contributed by atoms with Crippen LogP contribution in [0, 0.1) is 0 Å². The van der Waals surface area contributed by atoms with Gasteiger partial charge in [0, 0.05) is 34.5 Å². The summed E-state index contributed by atoms with van der Waals surface area (Å²) in [5.41, 5.74) is 3.52. The van der Waals surface area contributed by atoms with Gasteiger partial charge in [-0.2, -0.15) is 16.8 Å². The Kier molecular flexibility index (Phi) is 5.92. The summed E-state index contributed by atoms with van der Waals surface area (Å²) < 4.78 is 64.7. The predicted molar refractivity (Wildman–Crippen MR) is 135 cm³/mol. The Bertz CT molecular complexity index is 1560. The zero-order chi connectivity index (χ0) is 25.8. The first-order chi connectivity index (χ1) is 16.1. The second kappa shape index (κ2) is 8.27. The van der Waals surface area contributed by atoms with Crippen LogP contribution >= 0.6 is 0 Å². The highest BCUT2D eigenvalue weighted by molar-refractivity contribution is 7.86. The third-order valence-corrected chi connectivity index (χ3v) is 8.16. The van der Waals surface area contributed by atoms with Crippen molar-refractivity contribution >= 4 is 37.3 Å². The molecular weight excluding hydrogens is 488 g/mol. The van der Waals surface area contributed by atoms with Gasteiger partial charge in [0.25, 0.3) is 31.6 Å². The topological polar surface area (TPSA) is 135 Å². The van der Waals surface area contributed by atoms with E-state index >= 15 is 0 Å². The van der Waals surface area contributed by atoms with Gasteiger partial charge in [0.05, 0.1) is 20.2 Å². The fourth-order valence-corrected chi connectivity index (χ4v) is 5.31. The van der Waals surface area contributed by atoms with E-state index in [1.54, 1.807) is 12.1 Å². The highest BCUT2D eigenvalue weighted by Crippen LogP contribution is 2.44. The maximum Gasteiger partial charge on any atom is 0.294 e. The molecule has 0 unspecified atom stereocenters. The van der Waals surface area contributed by atoms with Gasteiger partial charge in [-0.05, 0) is 55.8 Å². The van der Waals surface area contributed by atoms with Crippen molar-refractivity contribution < 1.29 is 25.9 Å². The molecule has 0 amide bonds. The number of fused-ring (bicyclic) bond motifs is 2. The molecule has 0 saturated heterocycles. The fourth-order valence-electron chi connectivity index (χ4n) is 4.30. The van der Waals surface area contributed by atoms with Crippen molar-refractivity contribution in [1.29, 1.82) is 0 Å². The van der Waals surface area contributed by atoms with Crippen molar-refractivity contribution in [3.8, 4) is 0 Å². The summed E-state index contributed by atoms with van der Waals surface area (Å²) in [7, 11) is -8.59. The van der Waals surface area contributed by atoms with E-state index in [0.717, 1.165) is 28.2 Å². The van der Waals surface area contributed by atoms with Gasteiger partial charge in [0.15, 0.2) is 0 Å². The summed E-state index contributed by atoms with van der Waals surface area (Å²) in [6.07, 6.45) is 9.26. The Morgan fingerprint density at radius 2 is 1.40 bits per heavy atom. The number of nitrogens with one attached hydrogen (secondary N) is 1. The minimum Gasteiger partial charge on any atom is -0.358 e. The van der Waals surface area contributed by atoms with Crippen LogP contribution in [-0.4, -0.2) is 31.7 Å². The number of allylic oxidation sites excluding steroid dienone is 6. The van der Waals surface area contributed by atoms with Gasteiger partial charge in [-0.15, -0.1) is 0 Å². The summed E-state index contributed by atoms with van der Waals surface area (Å²) in [6.45, 7) is 7.79. The first kappa shape index (κ1) is 25.1. The number of hydrogen-bond donors (Lipinski definition) is 3. The lowest BCUT2D eigenvalue weighted by atomic mass is 9.81. The highest BCUT2D eigenvalue weighted by Gasteiger charge is 2.44. The van der Waals surface area contributed by atoms with Crippen LogP contribution in [0.4, 0.5) is 11.4 Å². The molecule has 0 aromatic heterocycles. The van der Waals surface area contributed by atoms with E-state index in [1.807, 2.05) is 58.1 Å². The Morgan fingerprint density at radius 1 is 0.800 bits per heavy atom. The molecule has 35 heavy (non-hydrogen) atoms. The maximum absolute atomic E-state index is 11.5. The van der Waals surface area contributed by atoms with Gasteiger partial charge in [-0.25, -0.2) is 0 Å². The summed E-state index contributed by atoms with van der Waals surface area (Å²) in [5.74, 6) is 0. The van der Waals surface area contributed by atoms with Crippen molar-refractivity contribution in [3.63, 3.8) is 0 Å². The van der Waals surface area contributed by atoms with Crippen LogP contribution in [0.25, 0.3) is 0 Å². The summed E-state index contributed by atoms with van der Waals surface area (Å²) in [4.78, 5) is 4.30. The molecule has 0 bridgehead atoms. The van der Waals surface area contributed by atoms with E-state index in [2.05, 4.69) is 10.3 Å². The lowest BCUT2D eigenvalue weighted by Crippen LogP contribution is -2.25. The van der Waals surface area contributed by atoms with Crippen LogP contribution in [0.3, 0.4) is 0 Å². The molecule has 2 aliphatic rings. The number of hydrogen-bond acceptors (Lipinski definition) is 6. The number of anilines is 1. The molecule has 0 atom stereocenters. The monoisotopic (exact) mass is 514 g/mol. The zero-order valence-corrected chi connectivity index (χ0v) is 21.3. The van der Waals surface area contributed by atoms with Gasteiger partial charge in [0.2, 0.25) is 0 Å². The van der Waals surface area contributed by atoms with Crippen molar-refractivity contribution in [3.05, 3.63) is 83.6 Å². The van der Waals surface area contributed by atoms with Crippen LogP contribution in [0.5, 0.6) is 0 Å². The molecule has 4 rings (SSSR count). The van der Waals surface area contributed by atoms with Crippen LogP contribution in [-0.2, 0) is 31.1 Å². The summed E-state index contributed by atoms with van der Waals surface area (Å²) in [5, 5.41) is 3.29. The van der Waals surface area contributed by atoms with Gasteiger partial charge in [0.1, 0.15) is 0 Å². The van der Waals surface area contributed by atoms with E-state index in [-0.39, 0.29) is 9.79 Å². The standard InChI is InChI=1S/C25H26N2O6S2/c1-24(2)18-14-16(34(28,29)30)10-12-20(18)26-22(24)8-6-5-7-9-23-25(3,4)19-15-17(35(31,32)33)11-13-21(19)27-23/h5-15,26H,1-4H3,(H,28,29,30)(H,31,32,33)/q+1. The Morgan fingerprint density at radius 3 is 2.03 bits per heavy atom. The summed E-state index contributed by atoms with van der Waals surface area (Å²) in [6, 6.07) is 8.84. The van der Waals surface area contributed by atoms with E-state index in [0.29, 0.717) is 5.69 Å². The fraction of sp³-hybridized carbons (Fsp3) is 0.240. The molecule has 0 spiro atoms. The van der Waals surface area contributed by atoms with Crippen LogP contribution in [0.15, 0.2) is 82.3 Å². The molecule has 1 radical (unpaired) electrons. The SMILES string of the molecule is CC1(C)C(C=CC=CC=C2Nc3ccc(S(=O)(=O)O)cc3C2(C)C)=[N+]c2ccc(S(=O)(=O)O)cc21. The van der Waals surface area contributed by atoms with E-state index in [1.165, 1.54) is 24.3 Å². The molecule has 2 aliphatic heterocycles. The quantitative estimate of drug-likeness (QED) is 0.400. The van der Waals surface area contributed by atoms with Gasteiger partial charge >= 0.3 is 0 Å². The first-order valence-corrected chi connectivity index (χ1v) is 13.7. The lowest BCUT2D eigenvalue weighted by molar-refractivity contribution is 0.480. The third-order valence-electron chi connectivity index (χ3n) is 6.46. The van der Waals surface area contributed by atoms with Crippen molar-refractivity contribution in [2.75, 3.05) is 5.32 Å². The van der Waals surface area contributed by atoms with Crippen molar-refractivity contribution in [2.45, 2.75) is 48.3 Å². The Labute approximate surface area is 205 Å². The van der Waals surface area contributed by atoms with E-state index in [4.69, 9.17) is 0 Å². The molecule has 2 aromatic rings. The molecule has 0 aliphatic carbocycles. The molecule has 0 fully saturated rings. The number of rotatable bonds is 5. The maximum atomic E-state index is 11.5. The third kappa shape index (κ3) is 4.62. The number of nitrogens with zero attached hydrogens (tertiary/aromatic N) is 1. The molecule has 2 aromatic carbocycles. The van der Waals surface area contributed by atoms with Crippen molar-refractivity contribution in [1.82, 2.24) is 4.99 Å². The number of aliphatic imine (C=N–C) groups is 1. The minimum atomic E-state index is -4.30. The molecule has 10 heteroatoms. The molecule has 2 heterocycles. The van der Waals surface area contributed by atoms with Crippen LogP contribution in [0.1, 0.15) is 38.8 Å². The largest absolute Gasteiger partial charge is 0.358 e.